The minimum absolute atomic E-state index is 0.00406. The molecule has 8 rings (SSSR count). The third-order valence-electron chi connectivity index (χ3n) is 11.1. The molecule has 2 atom stereocenters. The lowest BCUT2D eigenvalue weighted by atomic mass is 10.1. The third-order valence-corrected chi connectivity index (χ3v) is 11.1. The van der Waals surface area contributed by atoms with Gasteiger partial charge >= 0.3 is 0 Å². The summed E-state index contributed by atoms with van der Waals surface area (Å²) in [4.78, 5) is 55.7. The fourth-order valence-corrected chi connectivity index (χ4v) is 7.79. The molecule has 14 nitrogen and oxygen atoms in total. The SMILES string of the molecule is COc1cnc(N2CCN(C3CCN(Cc4ccc(C)cc4)C3=O)CC2)nc1.Cc1ccc(CN2CCC(N3CCN(c4ncc(O)cn4)CC3)C2=O)cc1. The van der Waals surface area contributed by atoms with Gasteiger partial charge < -0.3 is 29.4 Å². The van der Waals surface area contributed by atoms with E-state index in [1.807, 2.05) is 9.80 Å². The number of amides is 2. The van der Waals surface area contributed by atoms with Gasteiger partial charge in [0.1, 0.15) is 0 Å². The zero-order valence-corrected chi connectivity index (χ0v) is 32.1. The molecule has 0 saturated carbocycles. The number of benzene rings is 2. The molecule has 6 heterocycles. The van der Waals surface area contributed by atoms with E-state index in [0.717, 1.165) is 84.2 Å². The van der Waals surface area contributed by atoms with Crippen molar-refractivity contribution in [3.05, 3.63) is 95.6 Å². The third kappa shape index (κ3) is 9.31. The largest absolute Gasteiger partial charge is 0.505 e. The Bertz CT molecular complexity index is 1860. The zero-order valence-electron chi connectivity index (χ0n) is 32.1. The molecule has 4 aromatic rings. The molecule has 4 saturated heterocycles. The number of hydrogen-bond donors (Lipinski definition) is 1. The van der Waals surface area contributed by atoms with E-state index in [1.165, 1.54) is 34.6 Å². The summed E-state index contributed by atoms with van der Waals surface area (Å²) in [6.45, 7) is 13.8. The van der Waals surface area contributed by atoms with Crippen LogP contribution in [0.2, 0.25) is 0 Å². The number of aryl methyl sites for hydroxylation is 2. The zero-order chi connectivity index (χ0) is 38.3. The van der Waals surface area contributed by atoms with Gasteiger partial charge in [0, 0.05) is 78.5 Å². The molecule has 4 aliphatic rings. The van der Waals surface area contributed by atoms with Crippen LogP contribution >= 0.6 is 0 Å². The molecule has 4 fully saturated rings. The highest BCUT2D eigenvalue weighted by Crippen LogP contribution is 2.24. The second-order valence-corrected chi connectivity index (χ2v) is 14.8. The first-order valence-electron chi connectivity index (χ1n) is 19.3. The van der Waals surface area contributed by atoms with Crippen molar-refractivity contribution < 1.29 is 19.4 Å². The number of likely N-dealkylation sites (tertiary alicyclic amines) is 2. The normalized spacial score (nSPS) is 20.9. The highest BCUT2D eigenvalue weighted by molar-refractivity contribution is 5.84. The number of aromatic nitrogens is 4. The average molecular weight is 749 g/mol. The fourth-order valence-electron chi connectivity index (χ4n) is 7.79. The molecule has 0 radical (unpaired) electrons. The maximum atomic E-state index is 12.9. The number of ether oxygens (including phenoxy) is 1. The number of anilines is 2. The molecule has 55 heavy (non-hydrogen) atoms. The monoisotopic (exact) mass is 748 g/mol. The smallest absolute Gasteiger partial charge is 0.240 e. The second-order valence-electron chi connectivity index (χ2n) is 14.8. The Morgan fingerprint density at radius 3 is 1.35 bits per heavy atom. The second kappa shape index (κ2) is 17.4. The Morgan fingerprint density at radius 1 is 0.582 bits per heavy atom. The Kier molecular flexibility index (Phi) is 12.0. The highest BCUT2D eigenvalue weighted by Gasteiger charge is 2.38. The lowest BCUT2D eigenvalue weighted by molar-refractivity contribution is -0.133. The lowest BCUT2D eigenvalue weighted by Crippen LogP contribution is -2.52. The van der Waals surface area contributed by atoms with Gasteiger partial charge in [0.15, 0.2) is 11.5 Å². The molecule has 1 N–H and O–H groups in total. The van der Waals surface area contributed by atoms with Crippen LogP contribution in [0.1, 0.15) is 35.1 Å². The molecular weight excluding hydrogens is 697 g/mol. The molecule has 0 aliphatic carbocycles. The first-order valence-corrected chi connectivity index (χ1v) is 19.3. The predicted molar refractivity (Wildman–Crippen MR) is 210 cm³/mol. The summed E-state index contributed by atoms with van der Waals surface area (Å²) in [6.07, 6.45) is 8.01. The molecule has 2 unspecified atom stereocenters. The van der Waals surface area contributed by atoms with Gasteiger partial charge in [0.25, 0.3) is 0 Å². The van der Waals surface area contributed by atoms with Gasteiger partial charge in [-0.1, -0.05) is 59.7 Å². The van der Waals surface area contributed by atoms with Crippen LogP contribution in [-0.2, 0) is 22.7 Å². The molecule has 290 valence electrons. The summed E-state index contributed by atoms with van der Waals surface area (Å²) in [5, 5.41) is 9.32. The van der Waals surface area contributed by atoms with Crippen molar-refractivity contribution in [2.45, 2.75) is 51.9 Å². The van der Waals surface area contributed by atoms with Gasteiger partial charge in [-0.3, -0.25) is 19.4 Å². The number of methoxy groups -OCH3 is 1. The maximum absolute atomic E-state index is 12.9. The van der Waals surface area contributed by atoms with Crippen molar-refractivity contribution >= 4 is 23.7 Å². The number of aromatic hydroxyl groups is 1. The topological polar surface area (TPSA) is 135 Å². The van der Waals surface area contributed by atoms with Gasteiger partial charge in [-0.05, 0) is 37.8 Å². The molecular formula is C41H52N10O4. The summed E-state index contributed by atoms with van der Waals surface area (Å²) in [6, 6.07) is 16.8. The molecule has 2 amide bonds. The molecule has 2 aromatic carbocycles. The Morgan fingerprint density at radius 2 is 0.964 bits per heavy atom. The number of piperazine rings is 2. The van der Waals surface area contributed by atoms with Crippen molar-refractivity contribution in [1.29, 1.82) is 0 Å². The van der Waals surface area contributed by atoms with Crippen LogP contribution in [0.25, 0.3) is 0 Å². The maximum Gasteiger partial charge on any atom is 0.240 e. The van der Waals surface area contributed by atoms with Crippen molar-refractivity contribution in [3.63, 3.8) is 0 Å². The minimum atomic E-state index is -0.0154. The van der Waals surface area contributed by atoms with Crippen LogP contribution in [0.3, 0.4) is 0 Å². The number of carbonyl (C=O) groups is 2. The first-order chi connectivity index (χ1) is 26.7. The van der Waals surface area contributed by atoms with Crippen molar-refractivity contribution in [3.8, 4) is 11.5 Å². The Labute approximate surface area is 323 Å². The lowest BCUT2D eigenvalue weighted by Gasteiger charge is -2.37. The fraction of sp³-hybridized carbons (Fsp3) is 0.463. The average Bonchev–Trinajstić information content (AvgIpc) is 3.77. The molecule has 2 aromatic heterocycles. The minimum Gasteiger partial charge on any atom is -0.505 e. The van der Waals surface area contributed by atoms with E-state index in [9.17, 15) is 14.7 Å². The van der Waals surface area contributed by atoms with Gasteiger partial charge in [-0.15, -0.1) is 0 Å². The first kappa shape index (κ1) is 38.0. The van der Waals surface area contributed by atoms with Crippen LogP contribution in [0.4, 0.5) is 11.9 Å². The Hall–Kier alpha value is -5.34. The summed E-state index contributed by atoms with van der Waals surface area (Å²) in [7, 11) is 1.61. The summed E-state index contributed by atoms with van der Waals surface area (Å²) < 4.78 is 5.12. The van der Waals surface area contributed by atoms with E-state index in [2.05, 4.69) is 102 Å². The summed E-state index contributed by atoms with van der Waals surface area (Å²) in [5.74, 6) is 2.58. The quantitative estimate of drug-likeness (QED) is 0.270. The van der Waals surface area contributed by atoms with Crippen molar-refractivity contribution in [1.82, 2.24) is 39.5 Å². The van der Waals surface area contributed by atoms with Crippen LogP contribution in [0, 0.1) is 13.8 Å². The van der Waals surface area contributed by atoms with Gasteiger partial charge in [0.2, 0.25) is 23.7 Å². The van der Waals surface area contributed by atoms with E-state index in [1.54, 1.807) is 19.5 Å². The standard InChI is InChI=1S/C21H27N5O2.C20H25N5O2/c1-16-3-5-17(6-4-16)15-26-8-7-19(20(26)27)24-9-11-25(12-10-24)21-22-13-18(28-2)14-23-21;1-15-2-4-16(5-3-15)14-25-7-6-18(19(25)27)23-8-10-24(11-9-23)20-21-12-17(26)13-22-20/h3-6,13-14,19H,7-12,15H2,1-2H3;2-5,12-13,18,26H,6-11,14H2,1H3. The van der Waals surface area contributed by atoms with Crippen molar-refractivity contribution in [2.75, 3.05) is 82.4 Å². The van der Waals surface area contributed by atoms with E-state index in [4.69, 9.17) is 4.74 Å². The van der Waals surface area contributed by atoms with Gasteiger partial charge in [0.05, 0.1) is 44.0 Å². The van der Waals surface area contributed by atoms with Crippen LogP contribution in [0.15, 0.2) is 73.3 Å². The van der Waals surface area contributed by atoms with Crippen LogP contribution < -0.4 is 14.5 Å². The van der Waals surface area contributed by atoms with E-state index >= 15 is 0 Å². The number of hydrogen-bond acceptors (Lipinski definition) is 12. The molecule has 4 aliphatic heterocycles. The number of nitrogens with zero attached hydrogens (tertiary/aromatic N) is 10. The molecule has 0 spiro atoms. The number of carbonyl (C=O) groups excluding carboxylic acids is 2. The van der Waals surface area contributed by atoms with E-state index in [-0.39, 0.29) is 29.6 Å². The van der Waals surface area contributed by atoms with Gasteiger partial charge in [-0.2, -0.15) is 0 Å². The van der Waals surface area contributed by atoms with Crippen LogP contribution in [-0.4, -0.2) is 141 Å². The highest BCUT2D eigenvalue weighted by atomic mass is 16.5. The van der Waals surface area contributed by atoms with Crippen molar-refractivity contribution in [2.24, 2.45) is 0 Å². The molecule has 0 bridgehead atoms. The number of rotatable bonds is 9. The molecule has 14 heteroatoms. The predicted octanol–water partition coefficient (Wildman–Crippen LogP) is 3.13. The Balaban J connectivity index is 0.000000169. The van der Waals surface area contributed by atoms with Crippen LogP contribution in [0.5, 0.6) is 11.5 Å². The van der Waals surface area contributed by atoms with E-state index < -0.39 is 0 Å². The van der Waals surface area contributed by atoms with E-state index in [0.29, 0.717) is 24.8 Å². The van der Waals surface area contributed by atoms with Gasteiger partial charge in [-0.25, -0.2) is 19.9 Å². The summed E-state index contributed by atoms with van der Waals surface area (Å²) >= 11 is 0. The summed E-state index contributed by atoms with van der Waals surface area (Å²) in [5.41, 5.74) is 4.86.